The number of hydrogen-bond donors (Lipinski definition) is 2. The van der Waals surface area contributed by atoms with Gasteiger partial charge in [-0.05, 0) is 5.41 Å². The van der Waals surface area contributed by atoms with Crippen molar-refractivity contribution in [1.82, 2.24) is 0 Å². The molecular weight excluding hydrogens is 118 g/mol. The number of primary amides is 1. The molecule has 0 unspecified atom stereocenters. The summed E-state index contributed by atoms with van der Waals surface area (Å²) in [6, 6.07) is 0. The van der Waals surface area contributed by atoms with Crippen LogP contribution in [0.25, 0.3) is 0 Å². The van der Waals surface area contributed by atoms with Crippen LogP contribution in [0.15, 0.2) is 0 Å². The summed E-state index contributed by atoms with van der Waals surface area (Å²) in [5.74, 6) is -0.367. The van der Waals surface area contributed by atoms with Gasteiger partial charge in [0, 0.05) is 13.0 Å². The molecule has 0 saturated carbocycles. The predicted molar refractivity (Wildman–Crippen MR) is 34.7 cm³/mol. The van der Waals surface area contributed by atoms with E-state index < -0.39 is 0 Å². The molecule has 54 valence electrons. The van der Waals surface area contributed by atoms with E-state index in [1.807, 2.05) is 0 Å². The van der Waals surface area contributed by atoms with E-state index in [-0.39, 0.29) is 24.3 Å². The van der Waals surface area contributed by atoms with E-state index in [1.165, 1.54) is 0 Å². The Morgan fingerprint density at radius 2 is 2.11 bits per heavy atom. The summed E-state index contributed by atoms with van der Waals surface area (Å²) in [6.07, 6.45) is 0.240. The maximum Gasteiger partial charge on any atom is 0.218 e. The Hall–Kier alpha value is -0.570. The van der Waals surface area contributed by atoms with Crippen LogP contribution in [-0.4, -0.2) is 17.6 Å². The largest absolute Gasteiger partial charge is 0.396 e. The molecule has 0 atom stereocenters. The molecule has 0 aromatic rings. The zero-order chi connectivity index (χ0) is 7.49. The number of rotatable bonds is 3. The van der Waals surface area contributed by atoms with Gasteiger partial charge in [-0.1, -0.05) is 13.8 Å². The third kappa shape index (κ3) is 3.97. The first-order valence-corrected chi connectivity index (χ1v) is 2.87. The Morgan fingerprint density at radius 3 is 2.22 bits per heavy atom. The molecule has 0 bridgehead atoms. The predicted octanol–water partition coefficient (Wildman–Crippen LogP) is -0.120. The Bertz CT molecular complexity index is 110. The molecule has 0 spiro atoms. The maximum absolute atomic E-state index is 10.3. The smallest absolute Gasteiger partial charge is 0.218 e. The van der Waals surface area contributed by atoms with E-state index in [9.17, 15) is 4.79 Å². The second-order valence-corrected chi connectivity index (χ2v) is 2.97. The molecule has 3 heteroatoms. The van der Waals surface area contributed by atoms with E-state index in [4.69, 9.17) is 10.8 Å². The Morgan fingerprint density at radius 1 is 1.67 bits per heavy atom. The molecular formula is C6H13NO2. The van der Waals surface area contributed by atoms with Gasteiger partial charge in [0.05, 0.1) is 0 Å². The van der Waals surface area contributed by atoms with Gasteiger partial charge in [-0.15, -0.1) is 0 Å². The van der Waals surface area contributed by atoms with Crippen molar-refractivity contribution in [2.75, 3.05) is 6.61 Å². The molecule has 9 heavy (non-hydrogen) atoms. The number of carbonyl (C=O) groups is 1. The maximum atomic E-state index is 10.3. The number of aliphatic hydroxyl groups excluding tert-OH is 1. The standard InChI is InChI=1S/C6H13NO2/c1-6(2,4-8)3-5(7)9/h8H,3-4H2,1-2H3,(H2,7,9). The molecule has 0 heterocycles. The highest BCUT2D eigenvalue weighted by Crippen LogP contribution is 2.17. The van der Waals surface area contributed by atoms with Gasteiger partial charge in [-0.3, -0.25) is 4.79 Å². The minimum Gasteiger partial charge on any atom is -0.396 e. The first kappa shape index (κ1) is 8.43. The van der Waals surface area contributed by atoms with Crippen LogP contribution in [0.2, 0.25) is 0 Å². The first-order valence-electron chi connectivity index (χ1n) is 2.87. The van der Waals surface area contributed by atoms with Crippen molar-refractivity contribution in [2.24, 2.45) is 11.1 Å². The Balaban J connectivity index is 3.71. The van der Waals surface area contributed by atoms with Gasteiger partial charge in [0.1, 0.15) is 0 Å². The highest BCUT2D eigenvalue weighted by atomic mass is 16.3. The lowest BCUT2D eigenvalue weighted by molar-refractivity contribution is -0.120. The highest BCUT2D eigenvalue weighted by Gasteiger charge is 2.18. The van der Waals surface area contributed by atoms with E-state index in [0.717, 1.165) is 0 Å². The SMILES string of the molecule is CC(C)(CO)CC(N)=O. The number of nitrogens with two attached hydrogens (primary N) is 1. The number of hydrogen-bond acceptors (Lipinski definition) is 2. The molecule has 0 aliphatic heterocycles. The van der Waals surface area contributed by atoms with Gasteiger partial charge in [-0.2, -0.15) is 0 Å². The van der Waals surface area contributed by atoms with Crippen LogP contribution in [0, 0.1) is 5.41 Å². The molecule has 0 saturated heterocycles. The first-order chi connectivity index (χ1) is 3.98. The monoisotopic (exact) mass is 131 g/mol. The number of amides is 1. The van der Waals surface area contributed by atoms with E-state index in [2.05, 4.69) is 0 Å². The van der Waals surface area contributed by atoms with Gasteiger partial charge < -0.3 is 10.8 Å². The fourth-order valence-electron chi connectivity index (χ4n) is 0.528. The summed E-state index contributed by atoms with van der Waals surface area (Å²) in [7, 11) is 0. The van der Waals surface area contributed by atoms with Crippen LogP contribution in [0.4, 0.5) is 0 Å². The van der Waals surface area contributed by atoms with Crippen molar-refractivity contribution >= 4 is 5.91 Å². The van der Waals surface area contributed by atoms with Crippen molar-refractivity contribution in [2.45, 2.75) is 20.3 Å². The van der Waals surface area contributed by atoms with Crippen LogP contribution in [0.5, 0.6) is 0 Å². The average molecular weight is 131 g/mol. The highest BCUT2D eigenvalue weighted by molar-refractivity contribution is 5.74. The summed E-state index contributed by atoms with van der Waals surface area (Å²) in [5, 5.41) is 8.64. The zero-order valence-electron chi connectivity index (χ0n) is 5.85. The second-order valence-electron chi connectivity index (χ2n) is 2.97. The van der Waals surface area contributed by atoms with Crippen LogP contribution in [-0.2, 0) is 4.79 Å². The average Bonchev–Trinajstić information content (AvgIpc) is 1.63. The molecule has 3 N–H and O–H groups in total. The minimum atomic E-state index is -0.367. The summed E-state index contributed by atoms with van der Waals surface area (Å²) in [4.78, 5) is 10.3. The summed E-state index contributed by atoms with van der Waals surface area (Å²) in [6.45, 7) is 3.57. The Kier molecular flexibility index (Phi) is 2.65. The van der Waals surface area contributed by atoms with Crippen molar-refractivity contribution in [3.8, 4) is 0 Å². The molecule has 0 aliphatic rings. The lowest BCUT2D eigenvalue weighted by Crippen LogP contribution is -2.25. The molecule has 1 amide bonds. The van der Waals surface area contributed by atoms with Crippen molar-refractivity contribution in [1.29, 1.82) is 0 Å². The lowest BCUT2D eigenvalue weighted by atomic mass is 9.90. The molecule has 0 radical (unpaired) electrons. The molecule has 0 aromatic carbocycles. The summed E-state index contributed by atoms with van der Waals surface area (Å²) in [5.41, 5.74) is 4.55. The zero-order valence-corrected chi connectivity index (χ0v) is 5.85. The summed E-state index contributed by atoms with van der Waals surface area (Å²) >= 11 is 0. The topological polar surface area (TPSA) is 63.3 Å². The van der Waals surface area contributed by atoms with E-state index in [1.54, 1.807) is 13.8 Å². The Labute approximate surface area is 54.9 Å². The van der Waals surface area contributed by atoms with Crippen LogP contribution in [0.3, 0.4) is 0 Å². The van der Waals surface area contributed by atoms with Crippen molar-refractivity contribution in [3.63, 3.8) is 0 Å². The third-order valence-corrected chi connectivity index (χ3v) is 1.08. The van der Waals surface area contributed by atoms with E-state index in [0.29, 0.717) is 0 Å². The van der Waals surface area contributed by atoms with Crippen molar-refractivity contribution in [3.05, 3.63) is 0 Å². The minimum absolute atomic E-state index is 0.00403. The molecule has 0 aliphatic carbocycles. The quantitative estimate of drug-likeness (QED) is 0.561. The molecule has 0 aromatic heterocycles. The fraction of sp³-hybridized carbons (Fsp3) is 0.833. The van der Waals surface area contributed by atoms with E-state index >= 15 is 0 Å². The van der Waals surface area contributed by atoms with Gasteiger partial charge in [0.15, 0.2) is 0 Å². The van der Waals surface area contributed by atoms with Gasteiger partial charge >= 0.3 is 0 Å². The fourth-order valence-corrected chi connectivity index (χ4v) is 0.528. The van der Waals surface area contributed by atoms with Gasteiger partial charge in [0.2, 0.25) is 5.91 Å². The molecule has 3 nitrogen and oxygen atoms in total. The number of carbonyl (C=O) groups excluding carboxylic acids is 1. The van der Waals surface area contributed by atoms with Crippen LogP contribution >= 0.6 is 0 Å². The molecule has 0 fully saturated rings. The lowest BCUT2D eigenvalue weighted by Gasteiger charge is -2.18. The second kappa shape index (κ2) is 2.82. The van der Waals surface area contributed by atoms with Crippen LogP contribution < -0.4 is 5.73 Å². The van der Waals surface area contributed by atoms with Gasteiger partial charge in [-0.25, -0.2) is 0 Å². The van der Waals surface area contributed by atoms with Crippen molar-refractivity contribution < 1.29 is 9.90 Å². The van der Waals surface area contributed by atoms with Gasteiger partial charge in [0.25, 0.3) is 0 Å². The van der Waals surface area contributed by atoms with Crippen LogP contribution in [0.1, 0.15) is 20.3 Å². The summed E-state index contributed by atoms with van der Waals surface area (Å²) < 4.78 is 0. The third-order valence-electron chi connectivity index (χ3n) is 1.08. The normalized spacial score (nSPS) is 11.4. The molecule has 0 rings (SSSR count). The number of aliphatic hydroxyl groups is 1.